The molecule has 0 aliphatic carbocycles. The van der Waals surface area contributed by atoms with Crippen molar-refractivity contribution in [1.29, 1.82) is 0 Å². The first-order chi connectivity index (χ1) is 9.08. The Hall–Kier alpha value is -1.30. The van der Waals surface area contributed by atoms with Gasteiger partial charge in [0.1, 0.15) is 5.69 Å². The SMILES string of the molecule is CCCn1cc(Br)cc1C(=O)NCCCC(=O)OC. The molecule has 0 unspecified atom stereocenters. The fraction of sp³-hybridized carbons (Fsp3) is 0.538. The lowest BCUT2D eigenvalue weighted by Crippen LogP contribution is -2.27. The summed E-state index contributed by atoms with van der Waals surface area (Å²) in [5.74, 6) is -0.379. The second kappa shape index (κ2) is 7.99. The van der Waals surface area contributed by atoms with Crippen molar-refractivity contribution in [3.8, 4) is 0 Å². The van der Waals surface area contributed by atoms with Gasteiger partial charge in [-0.25, -0.2) is 0 Å². The summed E-state index contributed by atoms with van der Waals surface area (Å²) in [6.45, 7) is 3.32. The van der Waals surface area contributed by atoms with Gasteiger partial charge in [-0.05, 0) is 34.8 Å². The molecule has 0 aliphatic rings. The zero-order valence-corrected chi connectivity index (χ0v) is 12.8. The van der Waals surface area contributed by atoms with Crippen molar-refractivity contribution in [3.05, 3.63) is 22.4 Å². The number of methoxy groups -OCH3 is 1. The van der Waals surface area contributed by atoms with E-state index in [-0.39, 0.29) is 11.9 Å². The lowest BCUT2D eigenvalue weighted by Gasteiger charge is -2.08. The zero-order valence-electron chi connectivity index (χ0n) is 11.2. The Bertz CT molecular complexity index is 443. The molecule has 1 aromatic rings. The van der Waals surface area contributed by atoms with Crippen molar-refractivity contribution in [1.82, 2.24) is 9.88 Å². The van der Waals surface area contributed by atoms with E-state index in [0.29, 0.717) is 25.1 Å². The third kappa shape index (κ3) is 5.06. The Morgan fingerprint density at radius 3 is 2.84 bits per heavy atom. The summed E-state index contributed by atoms with van der Waals surface area (Å²) in [5.41, 5.74) is 0.631. The first-order valence-electron chi connectivity index (χ1n) is 6.29. The first kappa shape index (κ1) is 15.8. The summed E-state index contributed by atoms with van der Waals surface area (Å²) in [5, 5.41) is 2.80. The fourth-order valence-corrected chi connectivity index (χ4v) is 2.18. The predicted octanol–water partition coefficient (Wildman–Crippen LogP) is 2.34. The smallest absolute Gasteiger partial charge is 0.305 e. The van der Waals surface area contributed by atoms with Gasteiger partial charge in [-0.15, -0.1) is 0 Å². The Balaban J connectivity index is 2.47. The number of nitrogens with one attached hydrogen (secondary N) is 1. The standard InChI is InChI=1S/C13H19BrN2O3/c1-3-7-16-9-10(14)8-11(16)13(18)15-6-4-5-12(17)19-2/h8-9H,3-7H2,1-2H3,(H,15,18). The molecule has 0 aromatic carbocycles. The van der Waals surface area contributed by atoms with Crippen LogP contribution in [0, 0.1) is 0 Å². The zero-order chi connectivity index (χ0) is 14.3. The highest BCUT2D eigenvalue weighted by Crippen LogP contribution is 2.15. The van der Waals surface area contributed by atoms with Gasteiger partial charge in [0.25, 0.3) is 5.91 Å². The van der Waals surface area contributed by atoms with E-state index in [0.717, 1.165) is 17.4 Å². The van der Waals surface area contributed by atoms with E-state index in [9.17, 15) is 9.59 Å². The minimum atomic E-state index is -0.258. The van der Waals surface area contributed by atoms with Crippen LogP contribution >= 0.6 is 15.9 Å². The van der Waals surface area contributed by atoms with E-state index in [2.05, 4.69) is 32.9 Å². The quantitative estimate of drug-likeness (QED) is 0.616. The number of carbonyl (C=O) groups is 2. The molecule has 1 amide bonds. The molecule has 0 aliphatic heterocycles. The average molecular weight is 331 g/mol. The molecule has 0 fully saturated rings. The molecule has 6 heteroatoms. The highest BCUT2D eigenvalue weighted by molar-refractivity contribution is 9.10. The van der Waals surface area contributed by atoms with Gasteiger partial charge in [0, 0.05) is 30.2 Å². The van der Waals surface area contributed by atoms with Crippen LogP contribution in [0.25, 0.3) is 0 Å². The van der Waals surface area contributed by atoms with E-state index in [1.807, 2.05) is 10.8 Å². The van der Waals surface area contributed by atoms with Crippen LogP contribution in [0.15, 0.2) is 16.7 Å². The van der Waals surface area contributed by atoms with Crippen molar-refractivity contribution in [2.75, 3.05) is 13.7 Å². The highest BCUT2D eigenvalue weighted by Gasteiger charge is 2.12. The number of aromatic nitrogens is 1. The van der Waals surface area contributed by atoms with Crippen molar-refractivity contribution in [3.63, 3.8) is 0 Å². The third-order valence-corrected chi connectivity index (χ3v) is 3.06. The van der Waals surface area contributed by atoms with Gasteiger partial charge in [0.05, 0.1) is 7.11 Å². The van der Waals surface area contributed by atoms with Crippen LogP contribution < -0.4 is 5.32 Å². The number of ether oxygens (including phenoxy) is 1. The topological polar surface area (TPSA) is 60.3 Å². The summed E-state index contributed by atoms with van der Waals surface area (Å²) in [4.78, 5) is 22.9. The number of aryl methyl sites for hydroxylation is 1. The minimum Gasteiger partial charge on any atom is -0.469 e. The second-order valence-electron chi connectivity index (χ2n) is 4.17. The molecule has 0 bridgehead atoms. The molecule has 0 saturated carbocycles. The van der Waals surface area contributed by atoms with Crippen molar-refractivity contribution in [2.45, 2.75) is 32.7 Å². The van der Waals surface area contributed by atoms with Crippen LogP contribution in [0.1, 0.15) is 36.7 Å². The average Bonchev–Trinajstić information content (AvgIpc) is 2.75. The van der Waals surface area contributed by atoms with E-state index >= 15 is 0 Å². The van der Waals surface area contributed by atoms with E-state index in [1.54, 1.807) is 6.07 Å². The normalized spacial score (nSPS) is 10.3. The van der Waals surface area contributed by atoms with Gasteiger partial charge in [-0.2, -0.15) is 0 Å². The maximum Gasteiger partial charge on any atom is 0.305 e. The van der Waals surface area contributed by atoms with Crippen molar-refractivity contribution in [2.24, 2.45) is 0 Å². The highest BCUT2D eigenvalue weighted by atomic mass is 79.9. The second-order valence-corrected chi connectivity index (χ2v) is 5.09. The van der Waals surface area contributed by atoms with Crippen LogP contribution in [-0.2, 0) is 16.1 Å². The van der Waals surface area contributed by atoms with Gasteiger partial charge in [-0.1, -0.05) is 6.92 Å². The van der Waals surface area contributed by atoms with Crippen LogP contribution in [0.4, 0.5) is 0 Å². The van der Waals surface area contributed by atoms with Gasteiger partial charge < -0.3 is 14.6 Å². The Morgan fingerprint density at radius 1 is 1.47 bits per heavy atom. The number of hydrogen-bond donors (Lipinski definition) is 1. The lowest BCUT2D eigenvalue weighted by molar-refractivity contribution is -0.140. The van der Waals surface area contributed by atoms with Gasteiger partial charge in [0.2, 0.25) is 0 Å². The molecule has 1 rings (SSSR count). The molecular formula is C13H19BrN2O3. The first-order valence-corrected chi connectivity index (χ1v) is 7.08. The maximum absolute atomic E-state index is 12.0. The molecule has 106 valence electrons. The number of halogens is 1. The predicted molar refractivity (Wildman–Crippen MR) is 76.0 cm³/mol. The molecule has 0 saturated heterocycles. The largest absolute Gasteiger partial charge is 0.469 e. The lowest BCUT2D eigenvalue weighted by atomic mass is 10.3. The summed E-state index contributed by atoms with van der Waals surface area (Å²) < 4.78 is 7.34. The molecule has 1 heterocycles. The van der Waals surface area contributed by atoms with Gasteiger partial charge in [-0.3, -0.25) is 9.59 Å². The minimum absolute atomic E-state index is 0.121. The van der Waals surface area contributed by atoms with Crippen LogP contribution in [-0.4, -0.2) is 30.1 Å². The van der Waals surface area contributed by atoms with Crippen LogP contribution in [0.3, 0.4) is 0 Å². The number of amides is 1. The molecule has 1 aromatic heterocycles. The number of esters is 1. The Morgan fingerprint density at radius 2 is 2.21 bits per heavy atom. The van der Waals surface area contributed by atoms with Crippen LogP contribution in [0.2, 0.25) is 0 Å². The van der Waals surface area contributed by atoms with Crippen LogP contribution in [0.5, 0.6) is 0 Å². The van der Waals surface area contributed by atoms with E-state index in [1.165, 1.54) is 7.11 Å². The Kier molecular flexibility index (Phi) is 6.62. The van der Waals surface area contributed by atoms with Gasteiger partial charge >= 0.3 is 5.97 Å². The molecule has 19 heavy (non-hydrogen) atoms. The molecule has 5 nitrogen and oxygen atoms in total. The fourth-order valence-electron chi connectivity index (χ4n) is 1.72. The number of rotatable bonds is 7. The summed E-state index contributed by atoms with van der Waals surface area (Å²) in [6, 6.07) is 1.80. The summed E-state index contributed by atoms with van der Waals surface area (Å²) >= 11 is 3.37. The number of carbonyl (C=O) groups excluding carboxylic acids is 2. The number of nitrogens with zero attached hydrogens (tertiary/aromatic N) is 1. The van der Waals surface area contributed by atoms with Crippen molar-refractivity contribution >= 4 is 27.8 Å². The third-order valence-electron chi connectivity index (χ3n) is 2.63. The molecule has 1 N–H and O–H groups in total. The van der Waals surface area contributed by atoms with E-state index < -0.39 is 0 Å². The summed E-state index contributed by atoms with van der Waals surface area (Å²) in [6.07, 6.45) is 3.75. The molecular weight excluding hydrogens is 312 g/mol. The van der Waals surface area contributed by atoms with Crippen molar-refractivity contribution < 1.29 is 14.3 Å². The molecule has 0 radical (unpaired) electrons. The monoisotopic (exact) mass is 330 g/mol. The summed E-state index contributed by atoms with van der Waals surface area (Å²) in [7, 11) is 1.36. The molecule has 0 atom stereocenters. The van der Waals surface area contributed by atoms with Gasteiger partial charge in [0.15, 0.2) is 0 Å². The molecule has 0 spiro atoms. The van der Waals surface area contributed by atoms with E-state index in [4.69, 9.17) is 0 Å². The maximum atomic E-state index is 12.0. The Labute approximate surface area is 121 Å². The number of hydrogen-bond acceptors (Lipinski definition) is 3.